The van der Waals surface area contributed by atoms with Gasteiger partial charge in [0.1, 0.15) is 11.9 Å². The van der Waals surface area contributed by atoms with Gasteiger partial charge < -0.3 is 16.0 Å². The normalized spacial score (nSPS) is 15.2. The first kappa shape index (κ1) is 18.4. The zero-order valence-electron chi connectivity index (χ0n) is 15.7. The molecule has 4 rings (SSSR count). The Balaban J connectivity index is 1.57. The van der Waals surface area contributed by atoms with Crippen molar-refractivity contribution in [3.8, 4) is 11.1 Å². The number of amides is 3. The van der Waals surface area contributed by atoms with Crippen molar-refractivity contribution in [2.24, 2.45) is 0 Å². The predicted molar refractivity (Wildman–Crippen MR) is 109 cm³/mol. The summed E-state index contributed by atoms with van der Waals surface area (Å²) in [6.45, 7) is 1.43. The molecule has 3 N–H and O–H groups in total. The second-order valence-electron chi connectivity index (χ2n) is 6.73. The Labute approximate surface area is 166 Å². The number of rotatable bonds is 4. The van der Waals surface area contributed by atoms with E-state index in [-0.39, 0.29) is 24.1 Å². The smallest absolute Gasteiger partial charge is 0.249 e. The van der Waals surface area contributed by atoms with E-state index < -0.39 is 6.04 Å². The molecule has 0 saturated carbocycles. The van der Waals surface area contributed by atoms with Gasteiger partial charge in [0, 0.05) is 23.9 Å². The van der Waals surface area contributed by atoms with E-state index in [1.807, 2.05) is 30.3 Å². The summed E-state index contributed by atoms with van der Waals surface area (Å²) in [5.41, 5.74) is 2.86. The average Bonchev–Trinajstić information content (AvgIpc) is 3.12. The number of carbonyl (C=O) groups is 3. The highest BCUT2D eigenvalue weighted by Gasteiger charge is 2.33. The fourth-order valence-electron chi connectivity index (χ4n) is 3.27. The Morgan fingerprint density at radius 1 is 1.03 bits per heavy atom. The van der Waals surface area contributed by atoms with Crippen molar-refractivity contribution in [2.45, 2.75) is 19.4 Å². The van der Waals surface area contributed by atoms with Crippen molar-refractivity contribution < 1.29 is 14.4 Å². The first-order valence-electron chi connectivity index (χ1n) is 9.12. The maximum absolute atomic E-state index is 12.9. The summed E-state index contributed by atoms with van der Waals surface area (Å²) >= 11 is 0. The molecule has 2 aromatic carbocycles. The van der Waals surface area contributed by atoms with Crippen molar-refractivity contribution in [3.63, 3.8) is 0 Å². The molecule has 1 aliphatic rings. The molecule has 0 fully saturated rings. The molecular formula is C21H19N5O3. The zero-order chi connectivity index (χ0) is 20.4. The molecule has 0 aliphatic carbocycles. The molecular weight excluding hydrogens is 370 g/mol. The van der Waals surface area contributed by atoms with Gasteiger partial charge in [-0.25, -0.2) is 4.68 Å². The van der Waals surface area contributed by atoms with Crippen LogP contribution in [0.15, 0.2) is 60.8 Å². The summed E-state index contributed by atoms with van der Waals surface area (Å²) in [5.74, 6) is -0.239. The van der Waals surface area contributed by atoms with Crippen LogP contribution >= 0.6 is 0 Å². The van der Waals surface area contributed by atoms with Crippen LogP contribution < -0.4 is 16.0 Å². The van der Waals surface area contributed by atoms with Crippen molar-refractivity contribution in [1.82, 2.24) is 9.78 Å². The third kappa shape index (κ3) is 3.86. The van der Waals surface area contributed by atoms with Gasteiger partial charge >= 0.3 is 0 Å². The second kappa shape index (κ2) is 7.59. The molecule has 0 radical (unpaired) electrons. The predicted octanol–water partition coefficient (Wildman–Crippen LogP) is 3.03. The van der Waals surface area contributed by atoms with E-state index in [4.69, 9.17) is 0 Å². The molecule has 0 unspecified atom stereocenters. The number of nitrogens with zero attached hydrogens (tertiary/aromatic N) is 2. The summed E-state index contributed by atoms with van der Waals surface area (Å²) in [4.78, 5) is 36.2. The fraction of sp³-hybridized carbons (Fsp3) is 0.143. The minimum Gasteiger partial charge on any atom is -0.326 e. The van der Waals surface area contributed by atoms with E-state index in [9.17, 15) is 14.4 Å². The summed E-state index contributed by atoms with van der Waals surface area (Å²) < 4.78 is 1.55. The highest BCUT2D eigenvalue weighted by atomic mass is 16.2. The lowest BCUT2D eigenvalue weighted by molar-refractivity contribution is -0.125. The molecule has 0 saturated heterocycles. The number of fused-ring (bicyclic) bond motifs is 1. The van der Waals surface area contributed by atoms with Crippen molar-refractivity contribution >= 4 is 34.9 Å². The summed E-state index contributed by atoms with van der Waals surface area (Å²) in [5, 5.41) is 12.7. The highest BCUT2D eigenvalue weighted by Crippen LogP contribution is 2.34. The Morgan fingerprint density at radius 2 is 1.69 bits per heavy atom. The lowest BCUT2D eigenvalue weighted by Gasteiger charge is -2.24. The van der Waals surface area contributed by atoms with Crippen LogP contribution in [0.5, 0.6) is 0 Å². The number of anilines is 3. The molecule has 0 bridgehead atoms. The SMILES string of the molecule is CC(=O)Nc1ccc(NC(=O)[C@H]2CC(=O)Nc3c(-c4ccccc4)cnn32)cc1. The Bertz CT molecular complexity index is 1070. The van der Waals surface area contributed by atoms with Gasteiger partial charge in [-0.05, 0) is 29.8 Å². The van der Waals surface area contributed by atoms with Gasteiger partial charge in [0.25, 0.3) is 0 Å². The molecule has 29 heavy (non-hydrogen) atoms. The van der Waals surface area contributed by atoms with Crippen LogP contribution in [0.25, 0.3) is 11.1 Å². The maximum Gasteiger partial charge on any atom is 0.249 e. The van der Waals surface area contributed by atoms with Crippen LogP contribution in [0, 0.1) is 0 Å². The van der Waals surface area contributed by atoms with Crippen LogP contribution in [-0.4, -0.2) is 27.5 Å². The first-order valence-corrected chi connectivity index (χ1v) is 9.12. The van der Waals surface area contributed by atoms with E-state index in [2.05, 4.69) is 21.0 Å². The number of hydrogen-bond acceptors (Lipinski definition) is 4. The van der Waals surface area contributed by atoms with Gasteiger partial charge in [-0.15, -0.1) is 0 Å². The van der Waals surface area contributed by atoms with Crippen LogP contribution in [0.3, 0.4) is 0 Å². The number of carbonyl (C=O) groups excluding carboxylic acids is 3. The van der Waals surface area contributed by atoms with Crippen molar-refractivity contribution in [1.29, 1.82) is 0 Å². The first-order chi connectivity index (χ1) is 14.0. The maximum atomic E-state index is 12.9. The van der Waals surface area contributed by atoms with Crippen LogP contribution in [0.2, 0.25) is 0 Å². The molecule has 1 atom stereocenters. The second-order valence-corrected chi connectivity index (χ2v) is 6.73. The summed E-state index contributed by atoms with van der Waals surface area (Å²) in [6.07, 6.45) is 1.65. The van der Waals surface area contributed by atoms with Gasteiger partial charge in [0.05, 0.1) is 12.6 Å². The molecule has 1 aromatic heterocycles. The Morgan fingerprint density at radius 3 is 2.34 bits per heavy atom. The van der Waals surface area contributed by atoms with E-state index >= 15 is 0 Å². The summed E-state index contributed by atoms with van der Waals surface area (Å²) in [6, 6.07) is 15.6. The molecule has 3 amide bonds. The van der Waals surface area contributed by atoms with Gasteiger partial charge in [-0.2, -0.15) is 5.10 Å². The average molecular weight is 389 g/mol. The molecule has 8 heteroatoms. The summed E-state index contributed by atoms with van der Waals surface area (Å²) in [7, 11) is 0. The molecule has 146 valence electrons. The number of nitrogens with one attached hydrogen (secondary N) is 3. The molecule has 1 aliphatic heterocycles. The third-order valence-electron chi connectivity index (χ3n) is 4.59. The van der Waals surface area contributed by atoms with Crippen LogP contribution in [0.1, 0.15) is 19.4 Å². The lowest BCUT2D eigenvalue weighted by atomic mass is 10.1. The largest absolute Gasteiger partial charge is 0.326 e. The van der Waals surface area contributed by atoms with Crippen LogP contribution in [-0.2, 0) is 14.4 Å². The van der Waals surface area contributed by atoms with E-state index in [1.54, 1.807) is 35.1 Å². The Hall–Kier alpha value is -3.94. The zero-order valence-corrected chi connectivity index (χ0v) is 15.7. The number of aromatic nitrogens is 2. The van der Waals surface area contributed by atoms with Crippen molar-refractivity contribution in [2.75, 3.05) is 16.0 Å². The number of benzene rings is 2. The van der Waals surface area contributed by atoms with Crippen LogP contribution in [0.4, 0.5) is 17.2 Å². The topological polar surface area (TPSA) is 105 Å². The quantitative estimate of drug-likeness (QED) is 0.638. The fourth-order valence-corrected chi connectivity index (χ4v) is 3.27. The monoisotopic (exact) mass is 389 g/mol. The highest BCUT2D eigenvalue weighted by molar-refractivity contribution is 6.03. The van der Waals surface area contributed by atoms with Gasteiger partial charge in [0.2, 0.25) is 17.7 Å². The van der Waals surface area contributed by atoms with Crippen molar-refractivity contribution in [3.05, 3.63) is 60.8 Å². The van der Waals surface area contributed by atoms with E-state index in [1.165, 1.54) is 6.92 Å². The lowest BCUT2D eigenvalue weighted by Crippen LogP contribution is -2.35. The Kier molecular flexibility index (Phi) is 4.82. The van der Waals surface area contributed by atoms with E-state index in [0.29, 0.717) is 17.2 Å². The molecule has 3 aromatic rings. The number of hydrogen-bond donors (Lipinski definition) is 3. The van der Waals surface area contributed by atoms with Gasteiger partial charge in [-0.3, -0.25) is 14.4 Å². The standard InChI is InChI=1S/C21H19N5O3/c1-13(27)23-15-7-9-16(10-8-15)24-21(29)18-11-19(28)25-20-17(12-22-26(18)20)14-5-3-2-4-6-14/h2-10,12,18H,11H2,1H3,(H,23,27)(H,24,29)(H,25,28)/t18-/m1/s1. The molecule has 0 spiro atoms. The minimum atomic E-state index is -0.758. The third-order valence-corrected chi connectivity index (χ3v) is 4.59. The van der Waals surface area contributed by atoms with Gasteiger partial charge in [0.15, 0.2) is 0 Å². The van der Waals surface area contributed by atoms with E-state index in [0.717, 1.165) is 11.1 Å². The minimum absolute atomic E-state index is 0.00127. The van der Waals surface area contributed by atoms with Gasteiger partial charge in [-0.1, -0.05) is 30.3 Å². The molecule has 2 heterocycles. The molecule has 8 nitrogen and oxygen atoms in total.